The lowest BCUT2D eigenvalue weighted by molar-refractivity contribution is -0.139. The first-order valence-electron chi connectivity index (χ1n) is 3.55. The summed E-state index contributed by atoms with van der Waals surface area (Å²) in [5.74, 6) is -0.689. The number of hydrogen-bond donors (Lipinski definition) is 2. The lowest BCUT2D eigenvalue weighted by atomic mass is 9.86. The third-order valence-electron chi connectivity index (χ3n) is 2.04. The van der Waals surface area contributed by atoms with Gasteiger partial charge in [0, 0.05) is 6.54 Å². The number of aliphatic carboxylic acids is 1. The molecule has 0 aliphatic carbocycles. The van der Waals surface area contributed by atoms with E-state index in [0.717, 1.165) is 19.5 Å². The second kappa shape index (κ2) is 3.93. The van der Waals surface area contributed by atoms with Gasteiger partial charge in [0.15, 0.2) is 0 Å². The molecule has 0 aromatic heterocycles. The SMILES string of the molecule is CC1(CC(=O)O)CCNC1.Cl. The summed E-state index contributed by atoms with van der Waals surface area (Å²) >= 11 is 0. The van der Waals surface area contributed by atoms with Crippen molar-refractivity contribution in [3.8, 4) is 0 Å². The molecule has 0 radical (unpaired) electrons. The molecule has 0 spiro atoms. The van der Waals surface area contributed by atoms with Gasteiger partial charge >= 0.3 is 5.97 Å². The normalized spacial score (nSPS) is 29.5. The van der Waals surface area contributed by atoms with Crippen LogP contribution in [0.3, 0.4) is 0 Å². The summed E-state index contributed by atoms with van der Waals surface area (Å²) in [5, 5.41) is 11.7. The van der Waals surface area contributed by atoms with Crippen LogP contribution in [0.4, 0.5) is 0 Å². The third kappa shape index (κ3) is 3.08. The van der Waals surface area contributed by atoms with Crippen LogP contribution in [0.15, 0.2) is 0 Å². The van der Waals surface area contributed by atoms with Crippen molar-refractivity contribution in [1.82, 2.24) is 5.32 Å². The van der Waals surface area contributed by atoms with Crippen LogP contribution in [-0.2, 0) is 4.79 Å². The van der Waals surface area contributed by atoms with Crippen LogP contribution < -0.4 is 5.32 Å². The summed E-state index contributed by atoms with van der Waals surface area (Å²) in [4.78, 5) is 10.3. The van der Waals surface area contributed by atoms with Crippen LogP contribution in [-0.4, -0.2) is 24.2 Å². The quantitative estimate of drug-likeness (QED) is 0.662. The van der Waals surface area contributed by atoms with E-state index in [1.165, 1.54) is 0 Å². The Labute approximate surface area is 72.6 Å². The molecule has 3 nitrogen and oxygen atoms in total. The molecule has 0 aromatic carbocycles. The average molecular weight is 180 g/mol. The molecule has 1 heterocycles. The molecule has 1 atom stereocenters. The molecular weight excluding hydrogens is 166 g/mol. The van der Waals surface area contributed by atoms with Gasteiger partial charge in [0.25, 0.3) is 0 Å². The first-order chi connectivity index (χ1) is 4.62. The molecule has 2 N–H and O–H groups in total. The number of hydrogen-bond acceptors (Lipinski definition) is 2. The van der Waals surface area contributed by atoms with E-state index in [1.807, 2.05) is 6.92 Å². The molecule has 1 aliphatic rings. The molecule has 11 heavy (non-hydrogen) atoms. The summed E-state index contributed by atoms with van der Waals surface area (Å²) in [5.41, 5.74) is 0.00579. The van der Waals surface area contributed by atoms with Crippen LogP contribution in [0.1, 0.15) is 19.8 Å². The molecular formula is C7H14ClNO2. The molecule has 1 fully saturated rings. The maximum absolute atomic E-state index is 10.3. The molecule has 0 aromatic rings. The zero-order valence-electron chi connectivity index (χ0n) is 6.59. The Hall–Kier alpha value is -0.280. The fourth-order valence-corrected chi connectivity index (χ4v) is 1.38. The van der Waals surface area contributed by atoms with Crippen molar-refractivity contribution < 1.29 is 9.90 Å². The minimum absolute atomic E-state index is 0. The van der Waals surface area contributed by atoms with Gasteiger partial charge in [-0.05, 0) is 18.4 Å². The van der Waals surface area contributed by atoms with Crippen molar-refractivity contribution >= 4 is 18.4 Å². The Kier molecular flexibility index (Phi) is 3.83. The van der Waals surface area contributed by atoms with Crippen molar-refractivity contribution in [2.45, 2.75) is 19.8 Å². The van der Waals surface area contributed by atoms with E-state index in [1.54, 1.807) is 0 Å². The molecule has 66 valence electrons. The second-order valence-corrected chi connectivity index (χ2v) is 3.31. The minimum Gasteiger partial charge on any atom is -0.481 e. The van der Waals surface area contributed by atoms with E-state index in [9.17, 15) is 4.79 Å². The summed E-state index contributed by atoms with van der Waals surface area (Å²) in [6, 6.07) is 0. The predicted molar refractivity (Wildman–Crippen MR) is 45.1 cm³/mol. The monoisotopic (exact) mass is 179 g/mol. The van der Waals surface area contributed by atoms with E-state index >= 15 is 0 Å². The average Bonchev–Trinajstić information content (AvgIpc) is 2.12. The molecule has 0 bridgehead atoms. The maximum atomic E-state index is 10.3. The highest BCUT2D eigenvalue weighted by Crippen LogP contribution is 2.28. The van der Waals surface area contributed by atoms with Crippen LogP contribution in [0.25, 0.3) is 0 Å². The zero-order chi connectivity index (χ0) is 7.61. The topological polar surface area (TPSA) is 49.3 Å². The zero-order valence-corrected chi connectivity index (χ0v) is 7.41. The minimum atomic E-state index is -0.689. The van der Waals surface area contributed by atoms with Gasteiger partial charge in [-0.2, -0.15) is 0 Å². The molecule has 1 aliphatic heterocycles. The lowest BCUT2D eigenvalue weighted by Gasteiger charge is -2.18. The van der Waals surface area contributed by atoms with Crippen LogP contribution in [0.5, 0.6) is 0 Å². The van der Waals surface area contributed by atoms with E-state index in [4.69, 9.17) is 5.11 Å². The lowest BCUT2D eigenvalue weighted by Crippen LogP contribution is -2.23. The van der Waals surface area contributed by atoms with Crippen LogP contribution in [0.2, 0.25) is 0 Å². The Morgan fingerprint density at radius 2 is 2.36 bits per heavy atom. The van der Waals surface area contributed by atoms with E-state index in [2.05, 4.69) is 5.32 Å². The van der Waals surface area contributed by atoms with E-state index in [0.29, 0.717) is 6.42 Å². The van der Waals surface area contributed by atoms with Gasteiger partial charge in [0.05, 0.1) is 6.42 Å². The summed E-state index contributed by atoms with van der Waals surface area (Å²) in [7, 11) is 0. The molecule has 0 saturated carbocycles. The molecule has 0 amide bonds. The number of carboxylic acid groups (broad SMARTS) is 1. The van der Waals surface area contributed by atoms with Crippen LogP contribution in [0, 0.1) is 5.41 Å². The van der Waals surface area contributed by atoms with Crippen molar-refractivity contribution in [2.75, 3.05) is 13.1 Å². The van der Waals surface area contributed by atoms with Gasteiger partial charge in [-0.25, -0.2) is 0 Å². The van der Waals surface area contributed by atoms with Gasteiger partial charge in [-0.3, -0.25) is 4.79 Å². The Morgan fingerprint density at radius 3 is 2.73 bits per heavy atom. The first-order valence-corrected chi connectivity index (χ1v) is 3.55. The number of halogens is 1. The van der Waals surface area contributed by atoms with Gasteiger partial charge < -0.3 is 10.4 Å². The highest BCUT2D eigenvalue weighted by atomic mass is 35.5. The molecule has 1 saturated heterocycles. The Bertz CT molecular complexity index is 143. The Morgan fingerprint density at radius 1 is 1.73 bits per heavy atom. The predicted octanol–water partition coefficient (Wildman–Crippen LogP) is 0.882. The second-order valence-electron chi connectivity index (χ2n) is 3.31. The van der Waals surface area contributed by atoms with Crippen LogP contribution >= 0.6 is 12.4 Å². The standard InChI is InChI=1S/C7H13NO2.ClH/c1-7(4-6(9)10)2-3-8-5-7;/h8H,2-5H2,1H3,(H,9,10);1H. The third-order valence-corrected chi connectivity index (χ3v) is 2.04. The molecule has 4 heteroatoms. The van der Waals surface area contributed by atoms with Crippen molar-refractivity contribution in [1.29, 1.82) is 0 Å². The van der Waals surface area contributed by atoms with E-state index in [-0.39, 0.29) is 17.8 Å². The highest BCUT2D eigenvalue weighted by molar-refractivity contribution is 5.85. The summed E-state index contributed by atoms with van der Waals surface area (Å²) < 4.78 is 0. The van der Waals surface area contributed by atoms with Gasteiger partial charge in [0.2, 0.25) is 0 Å². The number of carbonyl (C=O) groups is 1. The van der Waals surface area contributed by atoms with E-state index < -0.39 is 5.97 Å². The Balaban J connectivity index is 0.000001000. The fraction of sp³-hybridized carbons (Fsp3) is 0.857. The largest absolute Gasteiger partial charge is 0.481 e. The van der Waals surface area contributed by atoms with Gasteiger partial charge in [-0.1, -0.05) is 6.92 Å². The van der Waals surface area contributed by atoms with Gasteiger partial charge in [0.1, 0.15) is 0 Å². The summed E-state index contributed by atoms with van der Waals surface area (Å²) in [6.45, 7) is 3.82. The smallest absolute Gasteiger partial charge is 0.303 e. The first kappa shape index (κ1) is 10.7. The number of rotatable bonds is 2. The summed E-state index contributed by atoms with van der Waals surface area (Å²) in [6.07, 6.45) is 1.28. The van der Waals surface area contributed by atoms with Crippen molar-refractivity contribution in [3.05, 3.63) is 0 Å². The highest BCUT2D eigenvalue weighted by Gasteiger charge is 2.30. The van der Waals surface area contributed by atoms with Crippen molar-refractivity contribution in [3.63, 3.8) is 0 Å². The number of carboxylic acids is 1. The van der Waals surface area contributed by atoms with Gasteiger partial charge in [-0.15, -0.1) is 12.4 Å². The van der Waals surface area contributed by atoms with Crippen molar-refractivity contribution in [2.24, 2.45) is 5.41 Å². The number of nitrogens with one attached hydrogen (secondary N) is 1. The molecule has 1 unspecified atom stereocenters. The fourth-order valence-electron chi connectivity index (χ4n) is 1.38. The molecule has 1 rings (SSSR count). The maximum Gasteiger partial charge on any atom is 0.303 e.